The maximum Gasteiger partial charge on any atom is 0.340 e. The molecule has 1 aliphatic rings. The summed E-state index contributed by atoms with van der Waals surface area (Å²) in [5.41, 5.74) is 0.481. The zero-order valence-electron chi connectivity index (χ0n) is 16.1. The van der Waals surface area contributed by atoms with Crippen molar-refractivity contribution in [3.63, 3.8) is 0 Å². The molecule has 9 nitrogen and oxygen atoms in total. The van der Waals surface area contributed by atoms with E-state index in [-0.39, 0.29) is 29.2 Å². The average molecular weight is 436 g/mol. The first-order chi connectivity index (χ1) is 15.1. The minimum Gasteiger partial charge on any atom is -0.459 e. The van der Waals surface area contributed by atoms with Crippen LogP contribution in [0.15, 0.2) is 57.9 Å². The topological polar surface area (TPSA) is 116 Å². The fourth-order valence-electron chi connectivity index (χ4n) is 3.02. The fourth-order valence-corrected chi connectivity index (χ4v) is 4.11. The molecule has 0 radical (unpaired) electrons. The largest absolute Gasteiger partial charge is 0.459 e. The molecule has 1 N–H and O–H groups in total. The van der Waals surface area contributed by atoms with Gasteiger partial charge in [0.15, 0.2) is 5.76 Å². The molecule has 3 heterocycles. The van der Waals surface area contributed by atoms with Crippen LogP contribution >= 0.6 is 11.3 Å². The Morgan fingerprint density at radius 1 is 1.23 bits per heavy atom. The van der Waals surface area contributed by atoms with Crippen LogP contribution in [0, 0.1) is 0 Å². The zero-order valence-corrected chi connectivity index (χ0v) is 16.9. The van der Waals surface area contributed by atoms with E-state index in [9.17, 15) is 14.4 Å². The summed E-state index contributed by atoms with van der Waals surface area (Å²) in [4.78, 5) is 42.1. The second-order valence-electron chi connectivity index (χ2n) is 7.05. The first kappa shape index (κ1) is 19.2. The lowest BCUT2D eigenvalue weighted by atomic mass is 10.1. The van der Waals surface area contributed by atoms with Crippen molar-refractivity contribution in [1.29, 1.82) is 0 Å². The van der Waals surface area contributed by atoms with E-state index in [0.29, 0.717) is 16.6 Å². The minimum atomic E-state index is -0.652. The molecule has 0 unspecified atom stereocenters. The molecule has 31 heavy (non-hydrogen) atoms. The van der Waals surface area contributed by atoms with Crippen LogP contribution < -0.4 is 10.9 Å². The first-order valence-corrected chi connectivity index (χ1v) is 10.4. The second kappa shape index (κ2) is 7.80. The Morgan fingerprint density at radius 2 is 2.06 bits per heavy atom. The van der Waals surface area contributed by atoms with E-state index in [0.717, 1.165) is 17.8 Å². The molecular weight excluding hydrogens is 420 g/mol. The van der Waals surface area contributed by atoms with E-state index in [1.165, 1.54) is 40.3 Å². The van der Waals surface area contributed by atoms with E-state index in [1.54, 1.807) is 24.3 Å². The van der Waals surface area contributed by atoms with Crippen molar-refractivity contribution < 1.29 is 18.7 Å². The Kier molecular flexibility index (Phi) is 4.83. The van der Waals surface area contributed by atoms with Crippen LogP contribution in [0.4, 0.5) is 5.69 Å². The van der Waals surface area contributed by atoms with Crippen LogP contribution in [0.5, 0.6) is 0 Å². The number of hydrogen-bond acceptors (Lipinski definition) is 8. The fraction of sp³-hybridized carbons (Fsp3) is 0.190. The summed E-state index contributed by atoms with van der Waals surface area (Å²) in [7, 11) is 0. The number of nitrogens with zero attached hydrogens (tertiary/aromatic N) is 3. The Bertz CT molecular complexity index is 1340. The number of amides is 1. The lowest BCUT2D eigenvalue weighted by Crippen LogP contribution is -2.17. The Balaban J connectivity index is 1.32. The third kappa shape index (κ3) is 3.97. The average Bonchev–Trinajstić information content (AvgIpc) is 3.29. The quantitative estimate of drug-likeness (QED) is 0.461. The van der Waals surface area contributed by atoms with Crippen molar-refractivity contribution in [1.82, 2.24) is 14.6 Å². The molecule has 4 aromatic rings. The maximum absolute atomic E-state index is 12.6. The minimum absolute atomic E-state index is 0.122. The van der Waals surface area contributed by atoms with Gasteiger partial charge in [-0.25, -0.2) is 9.78 Å². The molecule has 1 aliphatic carbocycles. The van der Waals surface area contributed by atoms with Crippen LogP contribution in [0.3, 0.4) is 0 Å². The number of hydrogen-bond donors (Lipinski definition) is 1. The maximum atomic E-state index is 12.6. The molecule has 0 spiro atoms. The number of fused-ring (bicyclic) bond motifs is 1. The van der Waals surface area contributed by atoms with Gasteiger partial charge in [-0.15, -0.1) is 0 Å². The molecule has 1 amide bonds. The Morgan fingerprint density at radius 3 is 2.84 bits per heavy atom. The van der Waals surface area contributed by atoms with Gasteiger partial charge in [-0.2, -0.15) is 9.61 Å². The summed E-state index contributed by atoms with van der Waals surface area (Å²) in [6, 6.07) is 10.9. The van der Waals surface area contributed by atoms with Gasteiger partial charge < -0.3 is 14.5 Å². The molecule has 10 heteroatoms. The number of benzene rings is 1. The highest BCUT2D eigenvalue weighted by atomic mass is 32.1. The predicted molar refractivity (Wildman–Crippen MR) is 111 cm³/mol. The third-order valence-corrected chi connectivity index (χ3v) is 5.80. The molecule has 0 aliphatic heterocycles. The molecule has 1 saturated carbocycles. The van der Waals surface area contributed by atoms with Crippen LogP contribution in [0.1, 0.15) is 50.4 Å². The number of para-hydroxylation sites is 1. The van der Waals surface area contributed by atoms with Gasteiger partial charge in [0.1, 0.15) is 11.6 Å². The van der Waals surface area contributed by atoms with Crippen molar-refractivity contribution in [3.05, 3.63) is 81.1 Å². The van der Waals surface area contributed by atoms with E-state index < -0.39 is 11.9 Å². The summed E-state index contributed by atoms with van der Waals surface area (Å²) < 4.78 is 11.7. The van der Waals surface area contributed by atoms with Gasteiger partial charge in [0, 0.05) is 12.0 Å². The normalized spacial score (nSPS) is 13.3. The van der Waals surface area contributed by atoms with E-state index in [1.807, 2.05) is 0 Å². The molecule has 0 atom stereocenters. The number of rotatable bonds is 6. The van der Waals surface area contributed by atoms with Crippen molar-refractivity contribution in [2.45, 2.75) is 25.4 Å². The van der Waals surface area contributed by atoms with Crippen molar-refractivity contribution in [2.75, 3.05) is 5.32 Å². The van der Waals surface area contributed by atoms with Crippen LogP contribution in [-0.4, -0.2) is 26.5 Å². The van der Waals surface area contributed by atoms with Crippen molar-refractivity contribution >= 4 is 33.9 Å². The SMILES string of the molecule is O=C(Nc1ccccc1C(=O)OCc1cc(=O)n2nc(C3CC3)sc2n1)c1ccco1. The highest BCUT2D eigenvalue weighted by molar-refractivity contribution is 7.16. The number of carbonyl (C=O) groups excluding carboxylic acids is 2. The number of ether oxygens (including phenoxy) is 1. The van der Waals surface area contributed by atoms with Gasteiger partial charge in [-0.1, -0.05) is 23.5 Å². The zero-order chi connectivity index (χ0) is 21.4. The predicted octanol–water partition coefficient (Wildman–Crippen LogP) is 3.23. The summed E-state index contributed by atoms with van der Waals surface area (Å²) in [6.07, 6.45) is 3.54. The lowest BCUT2D eigenvalue weighted by Gasteiger charge is -2.10. The highest BCUT2D eigenvalue weighted by Crippen LogP contribution is 2.41. The van der Waals surface area contributed by atoms with Crippen LogP contribution in [0.25, 0.3) is 4.96 Å². The number of carbonyl (C=O) groups is 2. The second-order valence-corrected chi connectivity index (χ2v) is 8.04. The van der Waals surface area contributed by atoms with Gasteiger partial charge in [0.2, 0.25) is 4.96 Å². The monoisotopic (exact) mass is 436 g/mol. The Hall–Kier alpha value is -3.79. The van der Waals surface area contributed by atoms with Gasteiger partial charge in [-0.05, 0) is 37.1 Å². The molecule has 1 fully saturated rings. The molecule has 1 aromatic carbocycles. The summed E-state index contributed by atoms with van der Waals surface area (Å²) >= 11 is 1.38. The number of esters is 1. The number of anilines is 1. The Labute approximate surface area is 179 Å². The van der Waals surface area contributed by atoms with E-state index in [4.69, 9.17) is 9.15 Å². The molecule has 0 saturated heterocycles. The van der Waals surface area contributed by atoms with Crippen molar-refractivity contribution in [3.8, 4) is 0 Å². The summed E-state index contributed by atoms with van der Waals surface area (Å²) in [5, 5.41) is 7.86. The van der Waals surface area contributed by atoms with Gasteiger partial charge >= 0.3 is 5.97 Å². The molecule has 0 bridgehead atoms. The molecule has 3 aromatic heterocycles. The van der Waals surface area contributed by atoms with E-state index in [2.05, 4.69) is 15.4 Å². The molecular formula is C21H16N4O5S. The van der Waals surface area contributed by atoms with Crippen LogP contribution in [-0.2, 0) is 11.3 Å². The highest BCUT2D eigenvalue weighted by Gasteiger charge is 2.28. The lowest BCUT2D eigenvalue weighted by molar-refractivity contribution is 0.0469. The van der Waals surface area contributed by atoms with Gasteiger partial charge in [0.05, 0.1) is 23.2 Å². The first-order valence-electron chi connectivity index (χ1n) is 9.59. The number of furan rings is 1. The van der Waals surface area contributed by atoms with Crippen molar-refractivity contribution in [2.24, 2.45) is 0 Å². The molecule has 5 rings (SSSR count). The summed E-state index contributed by atoms with van der Waals surface area (Å²) in [6.45, 7) is -0.179. The van der Waals surface area contributed by atoms with E-state index >= 15 is 0 Å². The molecule has 156 valence electrons. The summed E-state index contributed by atoms with van der Waals surface area (Å²) in [5.74, 6) is -0.598. The smallest absolute Gasteiger partial charge is 0.340 e. The van der Waals surface area contributed by atoms with Crippen LogP contribution in [0.2, 0.25) is 0 Å². The number of nitrogens with one attached hydrogen (secondary N) is 1. The number of aromatic nitrogens is 3. The third-order valence-electron chi connectivity index (χ3n) is 4.73. The van der Waals surface area contributed by atoms with Gasteiger partial charge in [-0.3, -0.25) is 9.59 Å². The standard InChI is InChI=1S/C21H16N4O5S/c26-17-10-13(22-21-25(17)24-19(31-21)12-7-8-12)11-30-20(28)14-4-1-2-5-15(14)23-18(27)16-6-3-9-29-16/h1-6,9-10,12H,7-8,11H2,(H,23,27). The van der Waals surface area contributed by atoms with Gasteiger partial charge in [0.25, 0.3) is 11.5 Å².